The first kappa shape index (κ1) is 13.3. The Morgan fingerprint density at radius 3 is 2.50 bits per heavy atom. The first-order valence-electron chi connectivity index (χ1n) is 5.98. The summed E-state index contributed by atoms with van der Waals surface area (Å²) in [5, 5.41) is 0. The van der Waals surface area contributed by atoms with Gasteiger partial charge in [0.15, 0.2) is 0 Å². The molecule has 0 amide bonds. The lowest BCUT2D eigenvalue weighted by atomic mass is 10.1. The molecule has 0 spiro atoms. The maximum absolute atomic E-state index is 6.06. The van der Waals surface area contributed by atoms with Crippen LogP contribution in [0.15, 0.2) is 16.5 Å². The van der Waals surface area contributed by atoms with Crippen LogP contribution in [0.4, 0.5) is 0 Å². The minimum atomic E-state index is -0.124. The summed E-state index contributed by atoms with van der Waals surface area (Å²) in [6, 6.07) is 3.89. The zero-order chi connectivity index (χ0) is 12.1. The summed E-state index contributed by atoms with van der Waals surface area (Å²) in [4.78, 5) is 0. The van der Waals surface area contributed by atoms with Gasteiger partial charge < -0.3 is 14.9 Å². The van der Waals surface area contributed by atoms with Crippen LogP contribution >= 0.6 is 0 Å². The van der Waals surface area contributed by atoms with Gasteiger partial charge in [-0.3, -0.25) is 0 Å². The van der Waals surface area contributed by atoms with Gasteiger partial charge in [0.05, 0.1) is 0 Å². The predicted octanol–water partition coefficient (Wildman–Crippen LogP) is 3.04. The van der Waals surface area contributed by atoms with Crippen LogP contribution in [0.25, 0.3) is 0 Å². The molecule has 0 aliphatic carbocycles. The van der Waals surface area contributed by atoms with Crippen molar-refractivity contribution in [2.45, 2.75) is 46.3 Å². The van der Waals surface area contributed by atoms with Crippen LogP contribution in [-0.4, -0.2) is 12.6 Å². The molecule has 1 rings (SSSR count). The highest BCUT2D eigenvalue weighted by molar-refractivity contribution is 5.10. The molecule has 1 heterocycles. The van der Waals surface area contributed by atoms with Crippen molar-refractivity contribution in [3.8, 4) is 0 Å². The van der Waals surface area contributed by atoms with Gasteiger partial charge in [-0.1, -0.05) is 20.8 Å². The van der Waals surface area contributed by atoms with E-state index in [1.165, 1.54) is 0 Å². The van der Waals surface area contributed by atoms with Crippen LogP contribution in [0, 0.1) is 12.8 Å². The van der Waals surface area contributed by atoms with Crippen LogP contribution in [0.1, 0.15) is 44.8 Å². The molecular formula is C13H23NO2. The SMILES string of the molecule is CCC(N)C(OCC(C)C)c1ccc(C)o1. The molecule has 2 unspecified atom stereocenters. The highest BCUT2D eigenvalue weighted by Crippen LogP contribution is 2.24. The molecule has 0 radical (unpaired) electrons. The second kappa shape index (κ2) is 6.06. The summed E-state index contributed by atoms with van der Waals surface area (Å²) in [5.41, 5.74) is 6.06. The van der Waals surface area contributed by atoms with Crippen molar-refractivity contribution in [1.29, 1.82) is 0 Å². The van der Waals surface area contributed by atoms with Gasteiger partial charge in [-0.15, -0.1) is 0 Å². The Morgan fingerprint density at radius 2 is 2.06 bits per heavy atom. The predicted molar refractivity (Wildman–Crippen MR) is 65.2 cm³/mol. The third-order valence-corrected chi connectivity index (χ3v) is 2.51. The van der Waals surface area contributed by atoms with E-state index in [1.807, 2.05) is 19.1 Å². The zero-order valence-corrected chi connectivity index (χ0v) is 10.7. The van der Waals surface area contributed by atoms with Crippen LogP contribution in [0.2, 0.25) is 0 Å². The second-order valence-corrected chi connectivity index (χ2v) is 4.67. The molecule has 0 fully saturated rings. The largest absolute Gasteiger partial charge is 0.464 e. The number of aryl methyl sites for hydroxylation is 1. The Morgan fingerprint density at radius 1 is 1.38 bits per heavy atom. The number of furan rings is 1. The van der Waals surface area contributed by atoms with Gasteiger partial charge in [0.1, 0.15) is 17.6 Å². The average Bonchev–Trinajstić information content (AvgIpc) is 2.64. The minimum absolute atomic E-state index is 0.00991. The number of hydrogen-bond acceptors (Lipinski definition) is 3. The monoisotopic (exact) mass is 225 g/mol. The van der Waals surface area contributed by atoms with Gasteiger partial charge in [-0.25, -0.2) is 0 Å². The lowest BCUT2D eigenvalue weighted by Gasteiger charge is -2.22. The lowest BCUT2D eigenvalue weighted by molar-refractivity contribution is 0.00436. The molecule has 0 aliphatic heterocycles. The van der Waals surface area contributed by atoms with E-state index in [-0.39, 0.29) is 12.1 Å². The summed E-state index contributed by atoms with van der Waals surface area (Å²) in [6.45, 7) is 8.95. The number of hydrogen-bond donors (Lipinski definition) is 1. The molecule has 0 saturated heterocycles. The van der Waals surface area contributed by atoms with Crippen molar-refractivity contribution in [1.82, 2.24) is 0 Å². The van der Waals surface area contributed by atoms with E-state index in [0.29, 0.717) is 12.5 Å². The maximum atomic E-state index is 6.06. The fourth-order valence-corrected chi connectivity index (χ4v) is 1.53. The van der Waals surface area contributed by atoms with Crippen LogP contribution < -0.4 is 5.73 Å². The van der Waals surface area contributed by atoms with Gasteiger partial charge in [-0.05, 0) is 31.4 Å². The van der Waals surface area contributed by atoms with Crippen molar-refractivity contribution in [3.05, 3.63) is 23.7 Å². The third-order valence-electron chi connectivity index (χ3n) is 2.51. The van der Waals surface area contributed by atoms with Crippen LogP contribution in [0.5, 0.6) is 0 Å². The molecular weight excluding hydrogens is 202 g/mol. The van der Waals surface area contributed by atoms with Crippen molar-refractivity contribution in [2.75, 3.05) is 6.61 Å². The maximum Gasteiger partial charge on any atom is 0.134 e. The molecule has 3 nitrogen and oxygen atoms in total. The minimum Gasteiger partial charge on any atom is -0.464 e. The van der Waals surface area contributed by atoms with E-state index in [0.717, 1.165) is 17.9 Å². The molecule has 1 aromatic rings. The molecule has 0 saturated carbocycles. The average molecular weight is 225 g/mol. The molecule has 1 aromatic heterocycles. The molecule has 3 heteroatoms. The number of ether oxygens (including phenoxy) is 1. The van der Waals surface area contributed by atoms with Gasteiger partial charge in [0.25, 0.3) is 0 Å². The second-order valence-electron chi connectivity index (χ2n) is 4.67. The topological polar surface area (TPSA) is 48.4 Å². The third kappa shape index (κ3) is 3.65. The molecule has 2 N–H and O–H groups in total. The van der Waals surface area contributed by atoms with E-state index in [4.69, 9.17) is 14.9 Å². The van der Waals surface area contributed by atoms with Gasteiger partial charge >= 0.3 is 0 Å². The molecule has 0 aliphatic rings. The van der Waals surface area contributed by atoms with E-state index in [2.05, 4.69) is 20.8 Å². The van der Waals surface area contributed by atoms with E-state index >= 15 is 0 Å². The molecule has 92 valence electrons. The van der Waals surface area contributed by atoms with Crippen LogP contribution in [-0.2, 0) is 4.74 Å². The molecule has 0 bridgehead atoms. The van der Waals surface area contributed by atoms with Gasteiger partial charge in [0.2, 0.25) is 0 Å². The van der Waals surface area contributed by atoms with E-state index in [1.54, 1.807) is 0 Å². The summed E-state index contributed by atoms with van der Waals surface area (Å²) in [6.07, 6.45) is 0.754. The lowest BCUT2D eigenvalue weighted by Crippen LogP contribution is -2.30. The Labute approximate surface area is 98.0 Å². The van der Waals surface area contributed by atoms with Crippen molar-refractivity contribution in [2.24, 2.45) is 11.7 Å². The van der Waals surface area contributed by atoms with Crippen molar-refractivity contribution >= 4 is 0 Å². The molecule has 2 atom stereocenters. The fraction of sp³-hybridized carbons (Fsp3) is 0.692. The van der Waals surface area contributed by atoms with Crippen LogP contribution in [0.3, 0.4) is 0 Å². The molecule has 16 heavy (non-hydrogen) atoms. The highest BCUT2D eigenvalue weighted by atomic mass is 16.5. The Balaban J connectivity index is 2.71. The quantitative estimate of drug-likeness (QED) is 0.809. The highest BCUT2D eigenvalue weighted by Gasteiger charge is 2.22. The van der Waals surface area contributed by atoms with E-state index in [9.17, 15) is 0 Å². The number of nitrogens with two attached hydrogens (primary N) is 1. The van der Waals surface area contributed by atoms with Gasteiger partial charge in [0, 0.05) is 12.6 Å². The smallest absolute Gasteiger partial charge is 0.134 e. The fourth-order valence-electron chi connectivity index (χ4n) is 1.53. The Hall–Kier alpha value is -0.800. The van der Waals surface area contributed by atoms with Crippen molar-refractivity contribution < 1.29 is 9.15 Å². The summed E-state index contributed by atoms with van der Waals surface area (Å²) >= 11 is 0. The number of rotatable bonds is 6. The zero-order valence-electron chi connectivity index (χ0n) is 10.7. The first-order valence-corrected chi connectivity index (χ1v) is 5.98. The van der Waals surface area contributed by atoms with Crippen molar-refractivity contribution in [3.63, 3.8) is 0 Å². The van der Waals surface area contributed by atoms with Gasteiger partial charge in [-0.2, -0.15) is 0 Å². The normalized spacial score (nSPS) is 15.4. The first-order chi connectivity index (χ1) is 7.54. The summed E-state index contributed by atoms with van der Waals surface area (Å²) in [7, 11) is 0. The standard InChI is InChI=1S/C13H23NO2/c1-5-11(14)13(15-8-9(2)3)12-7-6-10(4)16-12/h6-7,9,11,13H,5,8,14H2,1-4H3. The Kier molecular flexibility index (Phi) is 5.03. The summed E-state index contributed by atoms with van der Waals surface area (Å²) < 4.78 is 11.4. The Bertz CT molecular complexity index is 307. The molecule has 0 aromatic carbocycles. The van der Waals surface area contributed by atoms with E-state index < -0.39 is 0 Å². The summed E-state index contributed by atoms with van der Waals surface area (Å²) in [5.74, 6) is 2.24.